The van der Waals surface area contributed by atoms with Gasteiger partial charge in [0.2, 0.25) is 5.91 Å². The zero-order valence-electron chi connectivity index (χ0n) is 19.0. The summed E-state index contributed by atoms with van der Waals surface area (Å²) in [5.74, 6) is 3.75. The summed E-state index contributed by atoms with van der Waals surface area (Å²) < 4.78 is 1.93. The van der Waals surface area contributed by atoms with Crippen LogP contribution in [0.2, 0.25) is 10.0 Å². The van der Waals surface area contributed by atoms with Gasteiger partial charge in [-0.15, -0.1) is 29.3 Å². The van der Waals surface area contributed by atoms with Gasteiger partial charge in [0.1, 0.15) is 12.4 Å². The highest BCUT2D eigenvalue weighted by atomic mass is 79.9. The van der Waals surface area contributed by atoms with Crippen molar-refractivity contribution in [3.05, 3.63) is 57.8 Å². The van der Waals surface area contributed by atoms with Gasteiger partial charge in [-0.25, -0.2) is 9.98 Å². The normalized spacial score (nSPS) is 11.0. The largest absolute Gasteiger partial charge is 0.356 e. The molecule has 0 aliphatic heterocycles. The summed E-state index contributed by atoms with van der Waals surface area (Å²) in [7, 11) is 1.91. The number of terminal acetylenes is 1. The number of guanidine groups is 1. The summed E-state index contributed by atoms with van der Waals surface area (Å²) in [5, 5.41) is 10.3. The molecule has 0 aliphatic carbocycles. The number of aromatic nitrogens is 2. The van der Waals surface area contributed by atoms with Gasteiger partial charge in [-0.2, -0.15) is 0 Å². The van der Waals surface area contributed by atoms with E-state index in [2.05, 4.69) is 31.8 Å². The maximum atomic E-state index is 12.3. The number of nitrogens with zero attached hydrogens (tertiary/aromatic N) is 3. The number of hydrogen-bond donors (Lipinski definition) is 3. The van der Waals surface area contributed by atoms with Crippen LogP contribution in [0.3, 0.4) is 0 Å². The maximum Gasteiger partial charge on any atom is 0.226 e. The van der Waals surface area contributed by atoms with E-state index in [0.717, 1.165) is 22.4 Å². The standard InChI is InChI=1S/C24H26Cl2N6O.BrH/c1-4-5-12-27-24(28-13-11-22(33)31-19-10-9-16(2)14-18(19)26)29-15-21-30-20-8-6-7-17(25)23(20)32(21)3;/h1,6-10,14H,5,11-13,15H2,2-3H3,(H,31,33)(H2,27,28,29);1H. The molecule has 3 rings (SSSR count). The number of benzene rings is 2. The summed E-state index contributed by atoms with van der Waals surface area (Å²) >= 11 is 12.5. The number of carbonyl (C=O) groups excluding carboxylic acids is 1. The van der Waals surface area contributed by atoms with Crippen LogP contribution in [0.25, 0.3) is 11.0 Å². The second-order valence-electron chi connectivity index (χ2n) is 7.45. The van der Waals surface area contributed by atoms with Crippen LogP contribution >= 0.6 is 40.2 Å². The zero-order chi connectivity index (χ0) is 23.8. The molecule has 0 atom stereocenters. The van der Waals surface area contributed by atoms with E-state index in [1.54, 1.807) is 6.07 Å². The van der Waals surface area contributed by atoms with E-state index in [1.807, 2.05) is 48.9 Å². The smallest absolute Gasteiger partial charge is 0.226 e. The Hall–Kier alpha value is -2.73. The molecule has 1 amide bonds. The summed E-state index contributed by atoms with van der Waals surface area (Å²) in [6, 6.07) is 11.1. The molecule has 7 nitrogen and oxygen atoms in total. The minimum atomic E-state index is -0.152. The Morgan fingerprint density at radius 2 is 1.94 bits per heavy atom. The van der Waals surface area contributed by atoms with Crippen molar-refractivity contribution in [2.24, 2.45) is 12.0 Å². The maximum absolute atomic E-state index is 12.3. The summed E-state index contributed by atoms with van der Waals surface area (Å²) in [6.07, 6.45) is 6.14. The number of halogens is 3. The van der Waals surface area contributed by atoms with Gasteiger partial charge in [-0.05, 0) is 36.8 Å². The number of amides is 1. The van der Waals surface area contributed by atoms with Crippen LogP contribution in [-0.2, 0) is 18.4 Å². The molecule has 0 saturated carbocycles. The van der Waals surface area contributed by atoms with Crippen molar-refractivity contribution in [1.29, 1.82) is 0 Å². The third kappa shape index (κ3) is 7.39. The topological polar surface area (TPSA) is 83.3 Å². The molecule has 180 valence electrons. The fourth-order valence-electron chi connectivity index (χ4n) is 3.22. The first kappa shape index (κ1) is 27.5. The highest BCUT2D eigenvalue weighted by Crippen LogP contribution is 2.24. The third-order valence-corrected chi connectivity index (χ3v) is 5.54. The molecule has 1 aromatic heterocycles. The van der Waals surface area contributed by atoms with Crippen LogP contribution in [0.15, 0.2) is 41.4 Å². The van der Waals surface area contributed by atoms with Gasteiger partial charge in [0.15, 0.2) is 5.96 Å². The molecule has 3 aromatic rings. The number of imidazole rings is 1. The molecule has 0 unspecified atom stereocenters. The number of carbonyl (C=O) groups is 1. The van der Waals surface area contributed by atoms with Crippen molar-refractivity contribution >= 4 is 68.8 Å². The first-order valence-electron chi connectivity index (χ1n) is 10.5. The molecule has 1 heterocycles. The number of aryl methyl sites for hydroxylation is 2. The summed E-state index contributed by atoms with van der Waals surface area (Å²) in [4.78, 5) is 21.5. The lowest BCUT2D eigenvalue weighted by atomic mass is 10.2. The minimum Gasteiger partial charge on any atom is -0.356 e. The molecule has 0 radical (unpaired) electrons. The molecule has 0 bridgehead atoms. The first-order chi connectivity index (χ1) is 15.9. The fourth-order valence-corrected chi connectivity index (χ4v) is 3.80. The molecule has 34 heavy (non-hydrogen) atoms. The van der Waals surface area contributed by atoms with Crippen LogP contribution in [0.1, 0.15) is 24.2 Å². The minimum absolute atomic E-state index is 0. The van der Waals surface area contributed by atoms with E-state index >= 15 is 0 Å². The van der Waals surface area contributed by atoms with Crippen LogP contribution < -0.4 is 16.0 Å². The molecule has 2 aromatic carbocycles. The van der Waals surface area contributed by atoms with Crippen molar-refractivity contribution in [3.63, 3.8) is 0 Å². The second-order valence-corrected chi connectivity index (χ2v) is 8.26. The average Bonchev–Trinajstić information content (AvgIpc) is 3.10. The fraction of sp³-hybridized carbons (Fsp3) is 0.292. The first-order valence-corrected chi connectivity index (χ1v) is 11.3. The van der Waals surface area contributed by atoms with E-state index in [9.17, 15) is 4.79 Å². The third-order valence-electron chi connectivity index (χ3n) is 4.92. The number of aliphatic imine (C=N–C) groups is 1. The monoisotopic (exact) mass is 564 g/mol. The molecular weight excluding hydrogens is 539 g/mol. The highest BCUT2D eigenvalue weighted by Gasteiger charge is 2.11. The van der Waals surface area contributed by atoms with Gasteiger partial charge in [-0.1, -0.05) is 35.3 Å². The number of para-hydroxylation sites is 1. The number of hydrogen-bond acceptors (Lipinski definition) is 3. The number of anilines is 1. The number of rotatable bonds is 8. The van der Waals surface area contributed by atoms with Gasteiger partial charge < -0.3 is 20.5 Å². The molecular formula is C24H27BrCl2N6O. The summed E-state index contributed by atoms with van der Waals surface area (Å²) in [5.41, 5.74) is 3.30. The lowest BCUT2D eigenvalue weighted by molar-refractivity contribution is -0.116. The van der Waals surface area contributed by atoms with Crippen molar-refractivity contribution < 1.29 is 4.79 Å². The molecule has 0 spiro atoms. The summed E-state index contributed by atoms with van der Waals surface area (Å²) in [6.45, 7) is 3.21. The number of nitrogens with one attached hydrogen (secondary N) is 3. The molecule has 0 saturated heterocycles. The molecule has 0 aliphatic rings. The second kappa shape index (κ2) is 13.2. The highest BCUT2D eigenvalue weighted by molar-refractivity contribution is 8.93. The Morgan fingerprint density at radius 1 is 1.18 bits per heavy atom. The Morgan fingerprint density at radius 3 is 2.65 bits per heavy atom. The van der Waals surface area contributed by atoms with Crippen LogP contribution in [0.5, 0.6) is 0 Å². The van der Waals surface area contributed by atoms with Gasteiger partial charge in [0.05, 0.1) is 26.8 Å². The SMILES string of the molecule is Br.C#CCCNC(=NCc1nc2cccc(Cl)c2n1C)NCCC(=O)Nc1ccc(C)cc1Cl. The van der Waals surface area contributed by atoms with Crippen LogP contribution in [0.4, 0.5) is 5.69 Å². The number of fused-ring (bicyclic) bond motifs is 1. The predicted molar refractivity (Wildman–Crippen MR) is 146 cm³/mol. The molecule has 0 fully saturated rings. The van der Waals surface area contributed by atoms with E-state index in [4.69, 9.17) is 29.6 Å². The van der Waals surface area contributed by atoms with Gasteiger partial charge in [-0.3, -0.25) is 4.79 Å². The van der Waals surface area contributed by atoms with E-state index in [-0.39, 0.29) is 29.3 Å². The van der Waals surface area contributed by atoms with Crippen LogP contribution in [-0.4, -0.2) is 34.5 Å². The van der Waals surface area contributed by atoms with E-state index in [0.29, 0.717) is 47.7 Å². The van der Waals surface area contributed by atoms with Crippen LogP contribution in [0, 0.1) is 19.3 Å². The van der Waals surface area contributed by atoms with E-state index in [1.165, 1.54) is 0 Å². The Kier molecular flexibility index (Phi) is 10.7. The Labute approximate surface area is 220 Å². The quantitative estimate of drug-likeness (QED) is 0.158. The van der Waals surface area contributed by atoms with Gasteiger partial charge in [0, 0.05) is 33.0 Å². The lowest BCUT2D eigenvalue weighted by Gasteiger charge is -2.12. The zero-order valence-corrected chi connectivity index (χ0v) is 22.2. The lowest BCUT2D eigenvalue weighted by Crippen LogP contribution is -2.39. The van der Waals surface area contributed by atoms with Crippen molar-refractivity contribution in [1.82, 2.24) is 20.2 Å². The Bertz CT molecular complexity index is 1220. The average molecular weight is 566 g/mol. The van der Waals surface area contributed by atoms with Gasteiger partial charge >= 0.3 is 0 Å². The van der Waals surface area contributed by atoms with Gasteiger partial charge in [0.25, 0.3) is 0 Å². The Balaban J connectivity index is 0.00000408. The van der Waals surface area contributed by atoms with Crippen molar-refractivity contribution in [2.75, 3.05) is 18.4 Å². The van der Waals surface area contributed by atoms with Crippen molar-refractivity contribution in [2.45, 2.75) is 26.3 Å². The molecule has 10 heteroatoms. The van der Waals surface area contributed by atoms with E-state index < -0.39 is 0 Å². The predicted octanol–water partition coefficient (Wildman–Crippen LogP) is 4.85. The van der Waals surface area contributed by atoms with Crippen molar-refractivity contribution in [3.8, 4) is 12.3 Å². The molecule has 3 N–H and O–H groups in total.